The molecule has 0 aromatic rings. The maximum absolute atomic E-state index is 6.21. The van der Waals surface area contributed by atoms with Gasteiger partial charge in [-0.1, -0.05) is 47.0 Å². The zero-order valence-electron chi connectivity index (χ0n) is 9.90. The van der Waals surface area contributed by atoms with Crippen molar-refractivity contribution in [1.29, 1.82) is 0 Å². The van der Waals surface area contributed by atoms with Crippen molar-refractivity contribution >= 4 is 0 Å². The van der Waals surface area contributed by atoms with Crippen molar-refractivity contribution < 1.29 is 0 Å². The van der Waals surface area contributed by atoms with Crippen LogP contribution in [0.15, 0.2) is 0 Å². The standard InChI is InChI=1S/C12H27N/c1-5-12(13,6-2)10-8-7-9-11(3)4/h11H,5-10,13H2,1-4H3. The van der Waals surface area contributed by atoms with Gasteiger partial charge in [-0.05, 0) is 25.2 Å². The van der Waals surface area contributed by atoms with E-state index in [0.29, 0.717) is 0 Å². The summed E-state index contributed by atoms with van der Waals surface area (Å²) in [5.74, 6) is 0.843. The highest BCUT2D eigenvalue weighted by molar-refractivity contribution is 4.80. The van der Waals surface area contributed by atoms with Gasteiger partial charge >= 0.3 is 0 Å². The van der Waals surface area contributed by atoms with Crippen molar-refractivity contribution in [2.45, 2.75) is 71.8 Å². The van der Waals surface area contributed by atoms with Gasteiger partial charge in [-0.25, -0.2) is 0 Å². The van der Waals surface area contributed by atoms with Crippen LogP contribution in [0.2, 0.25) is 0 Å². The van der Waals surface area contributed by atoms with Crippen molar-refractivity contribution in [2.75, 3.05) is 0 Å². The fourth-order valence-electron chi connectivity index (χ4n) is 1.63. The van der Waals surface area contributed by atoms with Crippen LogP contribution in [-0.2, 0) is 0 Å². The van der Waals surface area contributed by atoms with Gasteiger partial charge in [-0.3, -0.25) is 0 Å². The van der Waals surface area contributed by atoms with Crippen LogP contribution in [0.4, 0.5) is 0 Å². The van der Waals surface area contributed by atoms with Gasteiger partial charge in [0.05, 0.1) is 0 Å². The van der Waals surface area contributed by atoms with Crippen LogP contribution in [0.3, 0.4) is 0 Å². The average molecular weight is 185 g/mol. The molecule has 0 bridgehead atoms. The first kappa shape index (κ1) is 13.0. The lowest BCUT2D eigenvalue weighted by Crippen LogP contribution is -2.38. The van der Waals surface area contributed by atoms with Gasteiger partial charge in [-0.15, -0.1) is 0 Å². The van der Waals surface area contributed by atoms with E-state index >= 15 is 0 Å². The van der Waals surface area contributed by atoms with E-state index in [2.05, 4.69) is 27.7 Å². The molecule has 1 heteroatoms. The van der Waals surface area contributed by atoms with E-state index in [1.807, 2.05) is 0 Å². The first-order valence-corrected chi connectivity index (χ1v) is 5.83. The molecule has 0 rings (SSSR count). The lowest BCUT2D eigenvalue weighted by atomic mass is 9.87. The molecule has 0 unspecified atom stereocenters. The molecule has 0 saturated heterocycles. The number of rotatable bonds is 7. The van der Waals surface area contributed by atoms with Crippen LogP contribution < -0.4 is 5.73 Å². The van der Waals surface area contributed by atoms with Crippen molar-refractivity contribution in [1.82, 2.24) is 0 Å². The highest BCUT2D eigenvalue weighted by Gasteiger charge is 2.18. The monoisotopic (exact) mass is 185 g/mol. The third-order valence-electron chi connectivity index (χ3n) is 3.11. The highest BCUT2D eigenvalue weighted by Crippen LogP contribution is 2.20. The summed E-state index contributed by atoms with van der Waals surface area (Å²) < 4.78 is 0. The Bertz CT molecular complexity index is 114. The predicted octanol–water partition coefficient (Wildman–Crippen LogP) is 3.72. The first-order valence-electron chi connectivity index (χ1n) is 5.83. The molecule has 0 atom stereocenters. The number of nitrogens with two attached hydrogens (primary N) is 1. The summed E-state index contributed by atoms with van der Waals surface area (Å²) in [5.41, 5.74) is 6.34. The molecule has 0 aliphatic heterocycles. The highest BCUT2D eigenvalue weighted by atomic mass is 14.7. The predicted molar refractivity (Wildman–Crippen MR) is 60.8 cm³/mol. The van der Waals surface area contributed by atoms with E-state index in [9.17, 15) is 0 Å². The molecule has 0 radical (unpaired) electrons. The molecule has 0 aromatic carbocycles. The molecule has 0 saturated carbocycles. The molecular weight excluding hydrogens is 158 g/mol. The number of unbranched alkanes of at least 4 members (excludes halogenated alkanes) is 1. The number of hydrogen-bond donors (Lipinski definition) is 1. The maximum Gasteiger partial charge on any atom is 0.0149 e. The molecule has 0 aliphatic rings. The lowest BCUT2D eigenvalue weighted by molar-refractivity contribution is 0.346. The summed E-state index contributed by atoms with van der Waals surface area (Å²) in [6, 6.07) is 0. The summed E-state index contributed by atoms with van der Waals surface area (Å²) in [6.07, 6.45) is 7.43. The van der Waals surface area contributed by atoms with E-state index in [4.69, 9.17) is 5.73 Å². The number of hydrogen-bond acceptors (Lipinski definition) is 1. The zero-order valence-corrected chi connectivity index (χ0v) is 9.90. The van der Waals surface area contributed by atoms with Gasteiger partial charge in [0.1, 0.15) is 0 Å². The van der Waals surface area contributed by atoms with E-state index in [1.54, 1.807) is 0 Å². The third kappa shape index (κ3) is 6.09. The summed E-state index contributed by atoms with van der Waals surface area (Å²) in [5, 5.41) is 0. The Hall–Kier alpha value is -0.0400. The Labute approximate surface area is 84.1 Å². The smallest absolute Gasteiger partial charge is 0.0149 e. The minimum absolute atomic E-state index is 0.122. The first-order chi connectivity index (χ1) is 6.04. The SMILES string of the molecule is CCC(N)(CC)CCCCC(C)C. The van der Waals surface area contributed by atoms with E-state index < -0.39 is 0 Å². The van der Waals surface area contributed by atoms with Crippen LogP contribution in [0, 0.1) is 5.92 Å². The summed E-state index contributed by atoms with van der Waals surface area (Å²) in [6.45, 7) is 8.97. The van der Waals surface area contributed by atoms with Gasteiger partial charge in [0.25, 0.3) is 0 Å². The second kappa shape index (κ2) is 6.42. The van der Waals surface area contributed by atoms with Crippen molar-refractivity contribution in [2.24, 2.45) is 11.7 Å². The Morgan fingerprint density at radius 1 is 1.08 bits per heavy atom. The van der Waals surface area contributed by atoms with Crippen molar-refractivity contribution in [3.05, 3.63) is 0 Å². The minimum Gasteiger partial charge on any atom is -0.325 e. The van der Waals surface area contributed by atoms with E-state index in [-0.39, 0.29) is 5.54 Å². The second-order valence-electron chi connectivity index (χ2n) is 4.71. The molecule has 0 aliphatic carbocycles. The van der Waals surface area contributed by atoms with E-state index in [1.165, 1.54) is 25.7 Å². The van der Waals surface area contributed by atoms with Crippen LogP contribution in [0.1, 0.15) is 66.2 Å². The van der Waals surface area contributed by atoms with Gasteiger partial charge in [-0.2, -0.15) is 0 Å². The normalized spacial score (nSPS) is 12.5. The van der Waals surface area contributed by atoms with Crippen molar-refractivity contribution in [3.8, 4) is 0 Å². The quantitative estimate of drug-likeness (QED) is 0.601. The Balaban J connectivity index is 3.50. The van der Waals surface area contributed by atoms with Gasteiger partial charge in [0.2, 0.25) is 0 Å². The molecule has 13 heavy (non-hydrogen) atoms. The average Bonchev–Trinajstić information content (AvgIpc) is 2.12. The van der Waals surface area contributed by atoms with Crippen LogP contribution >= 0.6 is 0 Å². The van der Waals surface area contributed by atoms with E-state index in [0.717, 1.165) is 18.8 Å². The van der Waals surface area contributed by atoms with Crippen LogP contribution in [-0.4, -0.2) is 5.54 Å². The maximum atomic E-state index is 6.21. The Kier molecular flexibility index (Phi) is 6.40. The lowest BCUT2D eigenvalue weighted by Gasteiger charge is -2.26. The van der Waals surface area contributed by atoms with Gasteiger partial charge < -0.3 is 5.73 Å². The molecule has 0 spiro atoms. The molecule has 1 nitrogen and oxygen atoms in total. The Morgan fingerprint density at radius 3 is 2.00 bits per heavy atom. The van der Waals surface area contributed by atoms with Crippen LogP contribution in [0.25, 0.3) is 0 Å². The van der Waals surface area contributed by atoms with Gasteiger partial charge in [0.15, 0.2) is 0 Å². The zero-order chi connectivity index (χ0) is 10.3. The fourth-order valence-corrected chi connectivity index (χ4v) is 1.63. The fraction of sp³-hybridized carbons (Fsp3) is 1.00. The topological polar surface area (TPSA) is 26.0 Å². The third-order valence-corrected chi connectivity index (χ3v) is 3.11. The Morgan fingerprint density at radius 2 is 1.62 bits per heavy atom. The molecule has 80 valence electrons. The summed E-state index contributed by atoms with van der Waals surface area (Å²) >= 11 is 0. The molecule has 0 heterocycles. The molecule has 2 N–H and O–H groups in total. The molecule has 0 fully saturated rings. The summed E-state index contributed by atoms with van der Waals surface area (Å²) in [7, 11) is 0. The molecular formula is C12H27N. The second-order valence-corrected chi connectivity index (χ2v) is 4.71. The van der Waals surface area contributed by atoms with Gasteiger partial charge in [0, 0.05) is 5.54 Å². The van der Waals surface area contributed by atoms with Crippen molar-refractivity contribution in [3.63, 3.8) is 0 Å². The largest absolute Gasteiger partial charge is 0.325 e. The molecule has 0 amide bonds. The van der Waals surface area contributed by atoms with Crippen LogP contribution in [0.5, 0.6) is 0 Å². The minimum atomic E-state index is 0.122. The molecule has 0 aromatic heterocycles. The summed E-state index contributed by atoms with van der Waals surface area (Å²) in [4.78, 5) is 0.